The van der Waals surface area contributed by atoms with E-state index < -0.39 is 22.5 Å². The van der Waals surface area contributed by atoms with Gasteiger partial charge in [0.05, 0.1) is 0 Å². The van der Waals surface area contributed by atoms with Crippen LogP contribution in [0.5, 0.6) is 5.75 Å². The second kappa shape index (κ2) is 6.84. The number of carbonyl (C=O) groups excluding carboxylic acids is 1. The fourth-order valence-electron chi connectivity index (χ4n) is 1.64. The Hall–Kier alpha value is -1.70. The zero-order chi connectivity index (χ0) is 15.3. The van der Waals surface area contributed by atoms with Crippen LogP contribution in [0.1, 0.15) is 12.5 Å². The summed E-state index contributed by atoms with van der Waals surface area (Å²) in [6.45, 7) is 1.59. The number of benzene rings is 1. The van der Waals surface area contributed by atoms with Crippen molar-refractivity contribution in [3.63, 3.8) is 0 Å². The molecule has 0 aliphatic carbocycles. The van der Waals surface area contributed by atoms with Gasteiger partial charge in [-0.25, -0.2) is 8.42 Å². The van der Waals surface area contributed by atoms with Crippen molar-refractivity contribution < 1.29 is 17.9 Å². The van der Waals surface area contributed by atoms with Crippen molar-refractivity contribution >= 4 is 27.3 Å². The molecule has 0 fully saturated rings. The summed E-state index contributed by atoms with van der Waals surface area (Å²) >= 11 is 1.09. The molecule has 1 heterocycles. The quantitative estimate of drug-likeness (QED) is 0.653. The highest BCUT2D eigenvalue weighted by molar-refractivity contribution is 7.91. The van der Waals surface area contributed by atoms with E-state index in [2.05, 4.69) is 4.72 Å². The van der Waals surface area contributed by atoms with Crippen molar-refractivity contribution in [3.8, 4) is 5.75 Å². The summed E-state index contributed by atoms with van der Waals surface area (Å²) in [4.78, 5) is 11.7. The second-order valence-corrected chi connectivity index (χ2v) is 7.17. The number of hydrogen-bond donors (Lipinski definition) is 1. The molecule has 1 aromatic carbocycles. The molecule has 0 atom stereocenters. The number of sulfonamides is 1. The average molecular weight is 325 g/mol. The first-order valence-corrected chi connectivity index (χ1v) is 8.70. The SMILES string of the molecule is CCc1cccc(OC(=O)CNS(=O)(=O)c2cccs2)c1. The molecule has 0 saturated carbocycles. The van der Waals surface area contributed by atoms with Crippen molar-refractivity contribution in [2.24, 2.45) is 0 Å². The Balaban J connectivity index is 1.93. The lowest BCUT2D eigenvalue weighted by Gasteiger charge is -2.07. The zero-order valence-electron chi connectivity index (χ0n) is 11.4. The fraction of sp³-hybridized carbons (Fsp3) is 0.214. The van der Waals surface area contributed by atoms with Crippen LogP contribution in [0.4, 0.5) is 0 Å². The predicted molar refractivity (Wildman–Crippen MR) is 81.0 cm³/mol. The number of rotatable bonds is 6. The van der Waals surface area contributed by atoms with E-state index in [4.69, 9.17) is 4.74 Å². The summed E-state index contributed by atoms with van der Waals surface area (Å²) in [5, 5.41) is 1.66. The lowest BCUT2D eigenvalue weighted by molar-refractivity contribution is -0.133. The highest BCUT2D eigenvalue weighted by Gasteiger charge is 2.17. The van der Waals surface area contributed by atoms with Gasteiger partial charge in [-0.15, -0.1) is 11.3 Å². The Morgan fingerprint density at radius 3 is 2.76 bits per heavy atom. The Morgan fingerprint density at radius 2 is 2.10 bits per heavy atom. The molecule has 0 radical (unpaired) electrons. The van der Waals surface area contributed by atoms with Crippen LogP contribution in [-0.2, 0) is 21.2 Å². The van der Waals surface area contributed by atoms with Gasteiger partial charge in [-0.1, -0.05) is 25.1 Å². The van der Waals surface area contributed by atoms with E-state index in [-0.39, 0.29) is 4.21 Å². The summed E-state index contributed by atoms with van der Waals surface area (Å²) in [5.74, 6) is -0.238. The Kier molecular flexibility index (Phi) is 5.11. The van der Waals surface area contributed by atoms with E-state index in [0.29, 0.717) is 5.75 Å². The molecular formula is C14H15NO4S2. The maximum Gasteiger partial charge on any atom is 0.326 e. The van der Waals surface area contributed by atoms with E-state index in [1.807, 2.05) is 13.0 Å². The smallest absolute Gasteiger partial charge is 0.326 e. The first-order chi connectivity index (χ1) is 10.0. The molecule has 0 bridgehead atoms. The highest BCUT2D eigenvalue weighted by Crippen LogP contribution is 2.16. The van der Waals surface area contributed by atoms with Crippen LogP contribution < -0.4 is 9.46 Å². The van der Waals surface area contributed by atoms with Gasteiger partial charge in [0.2, 0.25) is 0 Å². The second-order valence-electron chi connectivity index (χ2n) is 4.23. The molecule has 0 spiro atoms. The molecule has 0 aliphatic rings. The van der Waals surface area contributed by atoms with Crippen molar-refractivity contribution in [1.29, 1.82) is 0 Å². The number of carbonyl (C=O) groups is 1. The summed E-state index contributed by atoms with van der Waals surface area (Å²) < 4.78 is 31.2. The van der Waals surface area contributed by atoms with Crippen molar-refractivity contribution in [2.45, 2.75) is 17.6 Å². The van der Waals surface area contributed by atoms with Gasteiger partial charge in [0.1, 0.15) is 16.5 Å². The highest BCUT2D eigenvalue weighted by atomic mass is 32.2. The van der Waals surface area contributed by atoms with Crippen LogP contribution in [0.25, 0.3) is 0 Å². The van der Waals surface area contributed by atoms with Gasteiger partial charge < -0.3 is 4.74 Å². The molecule has 0 unspecified atom stereocenters. The maximum atomic E-state index is 11.8. The van der Waals surface area contributed by atoms with Gasteiger partial charge in [-0.2, -0.15) is 4.72 Å². The topological polar surface area (TPSA) is 72.5 Å². The minimum absolute atomic E-state index is 0.170. The molecule has 1 aromatic heterocycles. The maximum absolute atomic E-state index is 11.8. The van der Waals surface area contributed by atoms with E-state index in [9.17, 15) is 13.2 Å². The van der Waals surface area contributed by atoms with Crippen molar-refractivity contribution in [3.05, 3.63) is 47.3 Å². The number of ether oxygens (including phenoxy) is 1. The first-order valence-electron chi connectivity index (χ1n) is 6.34. The van der Waals surface area contributed by atoms with E-state index >= 15 is 0 Å². The molecule has 7 heteroatoms. The third-order valence-electron chi connectivity index (χ3n) is 2.70. The number of thiophene rings is 1. The third kappa shape index (κ3) is 4.38. The molecule has 2 aromatic rings. The van der Waals surface area contributed by atoms with Gasteiger partial charge in [0.25, 0.3) is 10.0 Å². The van der Waals surface area contributed by atoms with Crippen LogP contribution in [-0.4, -0.2) is 20.9 Å². The van der Waals surface area contributed by atoms with Gasteiger partial charge in [0.15, 0.2) is 0 Å². The molecule has 112 valence electrons. The molecule has 0 aliphatic heterocycles. The summed E-state index contributed by atoms with van der Waals surface area (Å²) in [6.07, 6.45) is 0.830. The van der Waals surface area contributed by atoms with Crippen molar-refractivity contribution in [1.82, 2.24) is 4.72 Å². The monoisotopic (exact) mass is 325 g/mol. The van der Waals surface area contributed by atoms with E-state index in [1.54, 1.807) is 29.6 Å². The molecule has 21 heavy (non-hydrogen) atoms. The summed E-state index contributed by atoms with van der Waals surface area (Å²) in [6, 6.07) is 10.2. The van der Waals surface area contributed by atoms with E-state index in [0.717, 1.165) is 23.3 Å². The standard InChI is InChI=1S/C14H15NO4S2/c1-2-11-5-3-6-12(9-11)19-13(16)10-15-21(17,18)14-7-4-8-20-14/h3-9,15H,2,10H2,1H3. The fourth-order valence-corrected chi connectivity index (χ4v) is 3.64. The number of aryl methyl sites for hydroxylation is 1. The van der Waals surface area contributed by atoms with Gasteiger partial charge in [-0.05, 0) is 35.6 Å². The number of esters is 1. The van der Waals surface area contributed by atoms with Crippen LogP contribution in [0.15, 0.2) is 46.0 Å². The van der Waals surface area contributed by atoms with Crippen molar-refractivity contribution in [2.75, 3.05) is 6.54 Å². The third-order valence-corrected chi connectivity index (χ3v) is 5.50. The van der Waals surface area contributed by atoms with Crippen LogP contribution in [0.2, 0.25) is 0 Å². The minimum atomic E-state index is -3.65. The average Bonchev–Trinajstić information content (AvgIpc) is 3.00. The summed E-state index contributed by atoms with van der Waals surface area (Å²) in [7, 11) is -3.65. The van der Waals surface area contributed by atoms with Gasteiger partial charge in [-0.3, -0.25) is 4.79 Å². The number of nitrogens with one attached hydrogen (secondary N) is 1. The lowest BCUT2D eigenvalue weighted by atomic mass is 10.2. The Labute approximate surface area is 127 Å². The molecule has 1 N–H and O–H groups in total. The normalized spacial score (nSPS) is 11.3. The minimum Gasteiger partial charge on any atom is -0.426 e. The van der Waals surface area contributed by atoms with E-state index in [1.165, 1.54) is 6.07 Å². The summed E-state index contributed by atoms with van der Waals surface area (Å²) in [5.41, 5.74) is 1.04. The molecule has 0 amide bonds. The van der Waals surface area contributed by atoms with Crippen LogP contribution >= 0.6 is 11.3 Å². The first kappa shape index (κ1) is 15.7. The van der Waals surface area contributed by atoms with Crippen LogP contribution in [0.3, 0.4) is 0 Å². The van der Waals surface area contributed by atoms with Gasteiger partial charge >= 0.3 is 5.97 Å². The van der Waals surface area contributed by atoms with Crippen LogP contribution in [0, 0.1) is 0 Å². The lowest BCUT2D eigenvalue weighted by Crippen LogP contribution is -2.31. The molecule has 0 saturated heterocycles. The zero-order valence-corrected chi connectivity index (χ0v) is 13.0. The Morgan fingerprint density at radius 1 is 1.29 bits per heavy atom. The largest absolute Gasteiger partial charge is 0.426 e. The molecule has 2 rings (SSSR count). The molecular weight excluding hydrogens is 310 g/mol. The molecule has 5 nitrogen and oxygen atoms in total. The number of hydrogen-bond acceptors (Lipinski definition) is 5. The Bertz CT molecular complexity index is 708. The predicted octanol–water partition coefficient (Wildman–Crippen LogP) is 2.19. The van der Waals surface area contributed by atoms with Gasteiger partial charge in [0, 0.05) is 0 Å².